The number of nitrogens with zero attached hydrogens (tertiary/aromatic N) is 1. The van der Waals surface area contributed by atoms with Crippen LogP contribution < -0.4 is 4.74 Å². The number of fused-ring (bicyclic) bond motifs is 1. The molecule has 0 amide bonds. The van der Waals surface area contributed by atoms with Gasteiger partial charge in [-0.25, -0.2) is 0 Å². The molecule has 1 aromatic carbocycles. The number of carbonyl (C=O) groups excluding carboxylic acids is 1. The summed E-state index contributed by atoms with van der Waals surface area (Å²) in [5.41, 5.74) is 0.501. The van der Waals surface area contributed by atoms with Crippen molar-refractivity contribution < 1.29 is 9.53 Å². The van der Waals surface area contributed by atoms with Gasteiger partial charge in [-0.2, -0.15) is 0 Å². The number of hydrogen-bond donors (Lipinski definition) is 0. The van der Waals surface area contributed by atoms with Crippen LogP contribution in [0.3, 0.4) is 0 Å². The van der Waals surface area contributed by atoms with Crippen molar-refractivity contribution >= 4 is 16.7 Å². The molecule has 1 heterocycles. The van der Waals surface area contributed by atoms with Crippen molar-refractivity contribution in [2.24, 2.45) is 5.41 Å². The zero-order chi connectivity index (χ0) is 13.2. The second kappa shape index (κ2) is 4.77. The molecule has 3 heteroatoms. The van der Waals surface area contributed by atoms with E-state index in [0.29, 0.717) is 5.75 Å². The Morgan fingerprint density at radius 3 is 2.72 bits per heavy atom. The molecule has 0 N–H and O–H groups in total. The van der Waals surface area contributed by atoms with Crippen LogP contribution in [0.1, 0.15) is 20.8 Å². The zero-order valence-electron chi connectivity index (χ0n) is 10.9. The molecule has 1 aromatic heterocycles. The number of aromatic nitrogens is 1. The Morgan fingerprint density at radius 2 is 2.00 bits per heavy atom. The fourth-order valence-corrected chi connectivity index (χ4v) is 1.56. The molecule has 18 heavy (non-hydrogen) atoms. The van der Waals surface area contributed by atoms with Crippen molar-refractivity contribution in [1.29, 1.82) is 0 Å². The van der Waals surface area contributed by atoms with Gasteiger partial charge in [0.1, 0.15) is 12.4 Å². The number of Topliss-reactive ketones (excluding diaryl/α,β-unsaturated/α-hetero) is 1. The van der Waals surface area contributed by atoms with Crippen LogP contribution in [0.15, 0.2) is 36.5 Å². The summed E-state index contributed by atoms with van der Waals surface area (Å²) in [6.07, 6.45) is 1.74. The third-order valence-electron chi connectivity index (χ3n) is 2.80. The number of benzene rings is 1. The molecule has 2 rings (SSSR count). The van der Waals surface area contributed by atoms with Crippen molar-refractivity contribution in [3.8, 4) is 5.75 Å². The zero-order valence-corrected chi connectivity index (χ0v) is 10.9. The third kappa shape index (κ3) is 2.67. The predicted molar refractivity (Wildman–Crippen MR) is 71.7 cm³/mol. The standard InChI is InChI=1S/C15H17NO2/c1-15(2,3)14(17)10-18-13-8-4-7-12-11(13)6-5-9-16-12/h4-9H,10H2,1-3H3. The lowest BCUT2D eigenvalue weighted by Gasteiger charge is -2.17. The van der Waals surface area contributed by atoms with E-state index in [0.717, 1.165) is 10.9 Å². The molecular formula is C15H17NO2. The van der Waals surface area contributed by atoms with E-state index in [2.05, 4.69) is 4.98 Å². The second-order valence-electron chi connectivity index (χ2n) is 5.29. The summed E-state index contributed by atoms with van der Waals surface area (Å²) in [4.78, 5) is 16.1. The molecule has 0 fully saturated rings. The topological polar surface area (TPSA) is 39.2 Å². The molecule has 0 aliphatic heterocycles. The van der Waals surface area contributed by atoms with Gasteiger partial charge in [0.05, 0.1) is 5.52 Å². The Labute approximate surface area is 107 Å². The van der Waals surface area contributed by atoms with Gasteiger partial charge in [0, 0.05) is 17.0 Å². The van der Waals surface area contributed by atoms with E-state index in [9.17, 15) is 4.79 Å². The number of ether oxygens (including phenoxy) is 1. The Morgan fingerprint density at radius 1 is 1.22 bits per heavy atom. The van der Waals surface area contributed by atoms with Gasteiger partial charge in [-0.1, -0.05) is 26.8 Å². The predicted octanol–water partition coefficient (Wildman–Crippen LogP) is 3.23. The Bertz CT molecular complexity index is 565. The minimum absolute atomic E-state index is 0.0865. The number of ketones is 1. The maximum atomic E-state index is 11.8. The van der Waals surface area contributed by atoms with E-state index < -0.39 is 0 Å². The maximum Gasteiger partial charge on any atom is 0.175 e. The molecule has 0 atom stereocenters. The molecule has 0 unspecified atom stereocenters. The smallest absolute Gasteiger partial charge is 0.175 e. The van der Waals surface area contributed by atoms with E-state index in [4.69, 9.17) is 4.74 Å². The van der Waals surface area contributed by atoms with Gasteiger partial charge in [0.25, 0.3) is 0 Å². The summed E-state index contributed by atoms with van der Waals surface area (Å²) in [6, 6.07) is 9.47. The van der Waals surface area contributed by atoms with Crippen LogP contribution in [-0.4, -0.2) is 17.4 Å². The Balaban J connectivity index is 2.20. The summed E-state index contributed by atoms with van der Waals surface area (Å²) in [5.74, 6) is 0.793. The first-order chi connectivity index (χ1) is 8.48. The third-order valence-corrected chi connectivity index (χ3v) is 2.80. The number of hydrogen-bond acceptors (Lipinski definition) is 3. The van der Waals surface area contributed by atoms with Crippen molar-refractivity contribution in [2.45, 2.75) is 20.8 Å². The monoisotopic (exact) mass is 243 g/mol. The molecule has 0 saturated carbocycles. The van der Waals surface area contributed by atoms with Gasteiger partial charge >= 0.3 is 0 Å². The quantitative estimate of drug-likeness (QED) is 0.830. The lowest BCUT2D eigenvalue weighted by molar-refractivity contribution is -0.128. The van der Waals surface area contributed by atoms with Gasteiger partial charge in [-0.05, 0) is 24.3 Å². The molecule has 3 nitrogen and oxygen atoms in total. The average Bonchev–Trinajstić information content (AvgIpc) is 2.34. The summed E-state index contributed by atoms with van der Waals surface area (Å²) in [6.45, 7) is 5.77. The van der Waals surface area contributed by atoms with E-state index in [-0.39, 0.29) is 17.8 Å². The molecule has 0 aliphatic rings. The Kier molecular flexibility index (Phi) is 3.32. The van der Waals surface area contributed by atoms with Crippen LogP contribution in [0, 0.1) is 5.41 Å². The highest BCUT2D eigenvalue weighted by Gasteiger charge is 2.21. The molecule has 0 aliphatic carbocycles. The highest BCUT2D eigenvalue weighted by Crippen LogP contribution is 2.24. The highest BCUT2D eigenvalue weighted by atomic mass is 16.5. The summed E-state index contributed by atoms with van der Waals surface area (Å²) in [5, 5.41) is 0.932. The Hall–Kier alpha value is -1.90. The van der Waals surface area contributed by atoms with Gasteiger partial charge in [0.2, 0.25) is 0 Å². The fraction of sp³-hybridized carbons (Fsp3) is 0.333. The molecule has 94 valence electrons. The molecule has 2 aromatic rings. The minimum atomic E-state index is -0.372. The van der Waals surface area contributed by atoms with Crippen molar-refractivity contribution in [3.63, 3.8) is 0 Å². The second-order valence-corrected chi connectivity index (χ2v) is 5.29. The van der Waals surface area contributed by atoms with Crippen LogP contribution in [0.2, 0.25) is 0 Å². The van der Waals surface area contributed by atoms with Crippen LogP contribution >= 0.6 is 0 Å². The molecule has 0 saturated heterocycles. The lowest BCUT2D eigenvalue weighted by Crippen LogP contribution is -2.26. The van der Waals surface area contributed by atoms with Gasteiger partial charge in [-0.15, -0.1) is 0 Å². The van der Waals surface area contributed by atoms with Crippen LogP contribution in [-0.2, 0) is 4.79 Å². The van der Waals surface area contributed by atoms with Gasteiger partial charge in [0.15, 0.2) is 5.78 Å². The average molecular weight is 243 g/mol. The van der Waals surface area contributed by atoms with Gasteiger partial charge in [-0.3, -0.25) is 9.78 Å². The van der Waals surface area contributed by atoms with E-state index in [1.807, 2.05) is 51.1 Å². The van der Waals surface area contributed by atoms with Crippen molar-refractivity contribution in [2.75, 3.05) is 6.61 Å². The largest absolute Gasteiger partial charge is 0.485 e. The molecule has 0 bridgehead atoms. The molecule has 0 radical (unpaired) electrons. The summed E-state index contributed by atoms with van der Waals surface area (Å²) in [7, 11) is 0. The first kappa shape index (κ1) is 12.6. The van der Waals surface area contributed by atoms with Crippen molar-refractivity contribution in [3.05, 3.63) is 36.5 Å². The summed E-state index contributed by atoms with van der Waals surface area (Å²) < 4.78 is 5.62. The minimum Gasteiger partial charge on any atom is -0.485 e. The number of pyridine rings is 1. The fourth-order valence-electron chi connectivity index (χ4n) is 1.56. The number of carbonyl (C=O) groups is 1. The number of rotatable bonds is 3. The maximum absolute atomic E-state index is 11.8. The molecular weight excluding hydrogens is 226 g/mol. The van der Waals surface area contributed by atoms with Crippen LogP contribution in [0.5, 0.6) is 5.75 Å². The van der Waals surface area contributed by atoms with E-state index in [1.165, 1.54) is 0 Å². The van der Waals surface area contributed by atoms with Gasteiger partial charge < -0.3 is 4.74 Å². The van der Waals surface area contributed by atoms with Crippen molar-refractivity contribution in [1.82, 2.24) is 4.98 Å². The molecule has 0 spiro atoms. The van der Waals surface area contributed by atoms with E-state index in [1.54, 1.807) is 6.20 Å². The lowest BCUT2D eigenvalue weighted by atomic mass is 9.91. The first-order valence-electron chi connectivity index (χ1n) is 5.98. The normalized spacial score (nSPS) is 11.5. The van der Waals surface area contributed by atoms with Crippen LogP contribution in [0.4, 0.5) is 0 Å². The van der Waals surface area contributed by atoms with E-state index >= 15 is 0 Å². The summed E-state index contributed by atoms with van der Waals surface area (Å²) >= 11 is 0. The van der Waals surface area contributed by atoms with Crippen LogP contribution in [0.25, 0.3) is 10.9 Å². The highest BCUT2D eigenvalue weighted by molar-refractivity contribution is 5.87. The SMILES string of the molecule is CC(C)(C)C(=O)COc1cccc2ncccc12. The first-order valence-corrected chi connectivity index (χ1v) is 5.98.